The first-order valence-electron chi connectivity index (χ1n) is 6.90. The van der Waals surface area contributed by atoms with E-state index in [1.807, 2.05) is 33.0 Å². The number of nitrogens with zero attached hydrogens (tertiary/aromatic N) is 1. The first-order chi connectivity index (χ1) is 9.16. The average molecular weight is 268 g/mol. The minimum absolute atomic E-state index is 0.0786. The van der Waals surface area contributed by atoms with Gasteiger partial charge in [0, 0.05) is 37.8 Å². The van der Waals surface area contributed by atoms with Crippen LogP contribution in [0.25, 0.3) is 0 Å². The van der Waals surface area contributed by atoms with Gasteiger partial charge in [0.15, 0.2) is 0 Å². The van der Waals surface area contributed by atoms with Crippen molar-refractivity contribution in [1.29, 1.82) is 0 Å². The summed E-state index contributed by atoms with van der Waals surface area (Å²) in [5, 5.41) is 3.31. The maximum Gasteiger partial charge on any atom is 0.127 e. The topological polar surface area (TPSA) is 24.5 Å². The smallest absolute Gasteiger partial charge is 0.127 e. The second kappa shape index (κ2) is 9.02. The Bertz CT molecular complexity index is 360. The van der Waals surface area contributed by atoms with Gasteiger partial charge < -0.3 is 10.1 Å². The van der Waals surface area contributed by atoms with Crippen LogP contribution in [0.15, 0.2) is 24.3 Å². The van der Waals surface area contributed by atoms with Crippen LogP contribution in [0.2, 0.25) is 0 Å². The Morgan fingerprint density at radius 1 is 1.32 bits per heavy atom. The van der Waals surface area contributed by atoms with Crippen molar-refractivity contribution in [2.75, 3.05) is 39.9 Å². The van der Waals surface area contributed by atoms with Crippen LogP contribution in [0.1, 0.15) is 25.5 Å². The molecule has 0 spiro atoms. The molecular weight excluding hydrogens is 243 g/mol. The third-order valence-electron chi connectivity index (χ3n) is 3.29. The van der Waals surface area contributed by atoms with Crippen molar-refractivity contribution in [3.05, 3.63) is 35.6 Å². The molecule has 19 heavy (non-hydrogen) atoms. The Morgan fingerprint density at radius 3 is 2.74 bits per heavy atom. The molecule has 0 heterocycles. The fourth-order valence-corrected chi connectivity index (χ4v) is 1.91. The van der Waals surface area contributed by atoms with Crippen molar-refractivity contribution in [3.63, 3.8) is 0 Å². The van der Waals surface area contributed by atoms with Crippen LogP contribution in [0.5, 0.6) is 0 Å². The van der Waals surface area contributed by atoms with E-state index >= 15 is 0 Å². The quantitative estimate of drug-likeness (QED) is 0.696. The molecule has 0 saturated heterocycles. The number of ether oxygens (including phenoxy) is 1. The Labute approximate surface area is 115 Å². The fourth-order valence-electron chi connectivity index (χ4n) is 1.91. The highest BCUT2D eigenvalue weighted by atomic mass is 19.1. The predicted octanol–water partition coefficient (Wildman–Crippen LogP) is 2.44. The van der Waals surface area contributed by atoms with E-state index in [9.17, 15) is 4.39 Å². The molecule has 0 aliphatic carbocycles. The Hall–Kier alpha value is -0.970. The van der Waals surface area contributed by atoms with Crippen molar-refractivity contribution >= 4 is 0 Å². The summed E-state index contributed by atoms with van der Waals surface area (Å²) in [5.74, 6) is -0.133. The highest BCUT2D eigenvalue weighted by Gasteiger charge is 2.14. The van der Waals surface area contributed by atoms with Crippen molar-refractivity contribution in [2.24, 2.45) is 0 Å². The maximum absolute atomic E-state index is 13.7. The molecule has 0 radical (unpaired) electrons. The van der Waals surface area contributed by atoms with E-state index in [0.717, 1.165) is 38.4 Å². The Kier molecular flexibility index (Phi) is 7.63. The second-order valence-electron chi connectivity index (χ2n) is 4.63. The van der Waals surface area contributed by atoms with Gasteiger partial charge in [0.25, 0.3) is 0 Å². The SMILES string of the molecule is CCOCCNCCN(C)C(C)c1ccccc1F. The first kappa shape index (κ1) is 16.1. The van der Waals surface area contributed by atoms with E-state index in [0.29, 0.717) is 0 Å². The van der Waals surface area contributed by atoms with Crippen LogP contribution in [0.4, 0.5) is 4.39 Å². The first-order valence-corrected chi connectivity index (χ1v) is 6.90. The highest BCUT2D eigenvalue weighted by Crippen LogP contribution is 2.20. The molecule has 4 heteroatoms. The van der Waals surface area contributed by atoms with Crippen LogP contribution >= 0.6 is 0 Å². The summed E-state index contributed by atoms with van der Waals surface area (Å²) < 4.78 is 18.9. The van der Waals surface area contributed by atoms with Crippen LogP contribution in [-0.4, -0.2) is 44.8 Å². The van der Waals surface area contributed by atoms with Gasteiger partial charge in [0.2, 0.25) is 0 Å². The number of rotatable bonds is 9. The summed E-state index contributed by atoms with van der Waals surface area (Å²) in [6, 6.07) is 7.04. The van der Waals surface area contributed by atoms with Gasteiger partial charge in [-0.2, -0.15) is 0 Å². The molecule has 108 valence electrons. The average Bonchev–Trinajstić information content (AvgIpc) is 2.42. The number of benzene rings is 1. The molecule has 1 rings (SSSR count). The van der Waals surface area contributed by atoms with Crippen molar-refractivity contribution in [2.45, 2.75) is 19.9 Å². The lowest BCUT2D eigenvalue weighted by Crippen LogP contribution is -2.32. The predicted molar refractivity (Wildman–Crippen MR) is 76.8 cm³/mol. The molecule has 0 fully saturated rings. The standard InChI is InChI=1S/C15H25FN2O/c1-4-19-12-10-17-9-11-18(3)13(2)14-7-5-6-8-15(14)16/h5-8,13,17H,4,9-12H2,1-3H3. The van der Waals surface area contributed by atoms with E-state index in [1.165, 1.54) is 6.07 Å². The molecule has 0 amide bonds. The summed E-state index contributed by atoms with van der Waals surface area (Å²) in [6.45, 7) is 8.12. The van der Waals surface area contributed by atoms with Crippen LogP contribution in [0, 0.1) is 5.82 Å². The monoisotopic (exact) mass is 268 g/mol. The third kappa shape index (κ3) is 5.68. The summed E-state index contributed by atoms with van der Waals surface area (Å²) in [6.07, 6.45) is 0. The maximum atomic E-state index is 13.7. The van der Waals surface area contributed by atoms with Crippen LogP contribution in [0.3, 0.4) is 0 Å². The van der Waals surface area contributed by atoms with E-state index in [1.54, 1.807) is 6.07 Å². The van der Waals surface area contributed by atoms with Gasteiger partial charge >= 0.3 is 0 Å². The molecular formula is C15H25FN2O. The van der Waals surface area contributed by atoms with Gasteiger partial charge in [0.1, 0.15) is 5.82 Å². The van der Waals surface area contributed by atoms with E-state index in [2.05, 4.69) is 10.2 Å². The van der Waals surface area contributed by atoms with Crippen molar-refractivity contribution < 1.29 is 9.13 Å². The zero-order valence-electron chi connectivity index (χ0n) is 12.2. The minimum atomic E-state index is -0.133. The van der Waals surface area contributed by atoms with Crippen LogP contribution in [-0.2, 0) is 4.74 Å². The van der Waals surface area contributed by atoms with Crippen molar-refractivity contribution in [3.8, 4) is 0 Å². The molecule has 1 N–H and O–H groups in total. The summed E-state index contributed by atoms with van der Waals surface area (Å²) in [5.41, 5.74) is 0.749. The van der Waals surface area contributed by atoms with Crippen molar-refractivity contribution in [1.82, 2.24) is 10.2 Å². The van der Waals surface area contributed by atoms with E-state index in [4.69, 9.17) is 4.74 Å². The Balaban J connectivity index is 2.29. The second-order valence-corrected chi connectivity index (χ2v) is 4.63. The van der Waals surface area contributed by atoms with Gasteiger partial charge in [-0.1, -0.05) is 18.2 Å². The van der Waals surface area contributed by atoms with Gasteiger partial charge in [-0.15, -0.1) is 0 Å². The molecule has 1 aromatic carbocycles. The van der Waals surface area contributed by atoms with Crippen LogP contribution < -0.4 is 5.32 Å². The lowest BCUT2D eigenvalue weighted by atomic mass is 10.1. The number of halogens is 1. The molecule has 3 nitrogen and oxygen atoms in total. The lowest BCUT2D eigenvalue weighted by Gasteiger charge is -2.25. The van der Waals surface area contributed by atoms with E-state index < -0.39 is 0 Å². The zero-order valence-corrected chi connectivity index (χ0v) is 12.2. The normalized spacial score (nSPS) is 12.9. The number of likely N-dealkylation sites (N-methyl/N-ethyl adjacent to an activating group) is 1. The summed E-state index contributed by atoms with van der Waals surface area (Å²) in [7, 11) is 2.02. The minimum Gasteiger partial charge on any atom is -0.380 e. The molecule has 1 aromatic rings. The van der Waals surface area contributed by atoms with Gasteiger partial charge in [-0.05, 0) is 27.0 Å². The zero-order chi connectivity index (χ0) is 14.1. The van der Waals surface area contributed by atoms with Gasteiger partial charge in [-0.3, -0.25) is 4.90 Å². The number of hydrogen-bond acceptors (Lipinski definition) is 3. The molecule has 0 saturated carbocycles. The molecule has 0 bridgehead atoms. The van der Waals surface area contributed by atoms with Gasteiger partial charge in [0.05, 0.1) is 6.61 Å². The summed E-state index contributed by atoms with van der Waals surface area (Å²) >= 11 is 0. The molecule has 0 aliphatic heterocycles. The van der Waals surface area contributed by atoms with E-state index in [-0.39, 0.29) is 11.9 Å². The molecule has 0 aromatic heterocycles. The summed E-state index contributed by atoms with van der Waals surface area (Å²) in [4.78, 5) is 2.14. The highest BCUT2D eigenvalue weighted by molar-refractivity contribution is 5.20. The lowest BCUT2D eigenvalue weighted by molar-refractivity contribution is 0.148. The number of hydrogen-bond donors (Lipinski definition) is 1. The van der Waals surface area contributed by atoms with Gasteiger partial charge in [-0.25, -0.2) is 4.39 Å². The Morgan fingerprint density at radius 2 is 2.05 bits per heavy atom. The largest absolute Gasteiger partial charge is 0.380 e. The fraction of sp³-hybridized carbons (Fsp3) is 0.600. The third-order valence-corrected chi connectivity index (χ3v) is 3.29. The number of nitrogens with one attached hydrogen (secondary N) is 1. The molecule has 1 atom stereocenters. The molecule has 0 aliphatic rings. The molecule has 1 unspecified atom stereocenters.